The predicted octanol–water partition coefficient (Wildman–Crippen LogP) is 0.401. The number of carbonyl (C=O) groups is 1. The van der Waals surface area contributed by atoms with E-state index in [2.05, 4.69) is 15.6 Å². The zero-order chi connectivity index (χ0) is 13.7. The normalized spacial score (nSPS) is 18.3. The molecule has 1 heterocycles. The van der Waals surface area contributed by atoms with Crippen molar-refractivity contribution >= 4 is 5.91 Å². The molecule has 5 nitrogen and oxygen atoms in total. The van der Waals surface area contributed by atoms with Crippen LogP contribution in [0.25, 0.3) is 0 Å². The zero-order valence-electron chi connectivity index (χ0n) is 11.3. The summed E-state index contributed by atoms with van der Waals surface area (Å²) in [4.78, 5) is 14.2. The number of hydrogen-bond acceptors (Lipinski definition) is 4. The highest BCUT2D eigenvalue weighted by Gasteiger charge is 2.30. The summed E-state index contributed by atoms with van der Waals surface area (Å²) in [6, 6.07) is 9.86. The lowest BCUT2D eigenvalue weighted by Crippen LogP contribution is -2.48. The number of amides is 1. The smallest absolute Gasteiger partial charge is 0.255 e. The molecular weight excluding hydrogens is 240 g/mol. The molecule has 4 N–H and O–H groups in total. The molecule has 0 spiro atoms. The Labute approximate surface area is 114 Å². The van der Waals surface area contributed by atoms with Crippen molar-refractivity contribution < 1.29 is 4.79 Å². The monoisotopic (exact) mass is 262 g/mol. The summed E-state index contributed by atoms with van der Waals surface area (Å²) < 4.78 is 0. The number of nitrogens with one attached hydrogen (secondary N) is 2. The zero-order valence-corrected chi connectivity index (χ0v) is 11.3. The van der Waals surface area contributed by atoms with Gasteiger partial charge in [-0.2, -0.15) is 0 Å². The largest absolute Gasteiger partial charge is 0.317 e. The summed E-state index contributed by atoms with van der Waals surface area (Å²) >= 11 is 0. The van der Waals surface area contributed by atoms with Gasteiger partial charge in [0, 0.05) is 6.04 Å². The summed E-state index contributed by atoms with van der Waals surface area (Å²) in [6.07, 6.45) is 2.11. The SMILES string of the molecule is CN(C1CCNCC1)C(C(=O)NN)c1ccccc1. The maximum atomic E-state index is 12.1. The number of nitrogens with zero attached hydrogens (tertiary/aromatic N) is 1. The second-order valence-electron chi connectivity index (χ2n) is 4.97. The molecule has 104 valence electrons. The summed E-state index contributed by atoms with van der Waals surface area (Å²) in [5.41, 5.74) is 3.27. The van der Waals surface area contributed by atoms with E-state index in [1.807, 2.05) is 37.4 Å². The van der Waals surface area contributed by atoms with Crippen LogP contribution in [0.3, 0.4) is 0 Å². The Morgan fingerprint density at radius 1 is 1.37 bits per heavy atom. The van der Waals surface area contributed by atoms with Crippen LogP contribution < -0.4 is 16.6 Å². The lowest BCUT2D eigenvalue weighted by Gasteiger charge is -2.36. The second kappa shape index (κ2) is 6.65. The molecule has 1 aliphatic heterocycles. The standard InChI is InChI=1S/C14H22N4O/c1-18(12-7-9-16-10-8-12)13(14(19)17-15)11-5-3-2-4-6-11/h2-6,12-13,16H,7-10,15H2,1H3,(H,17,19). The number of benzene rings is 1. The van der Waals surface area contributed by atoms with Gasteiger partial charge < -0.3 is 5.32 Å². The first-order valence-electron chi connectivity index (χ1n) is 6.72. The van der Waals surface area contributed by atoms with Crippen LogP contribution in [0, 0.1) is 0 Å². The molecule has 0 aromatic heterocycles. The van der Waals surface area contributed by atoms with Crippen molar-refractivity contribution in [3.8, 4) is 0 Å². The van der Waals surface area contributed by atoms with Gasteiger partial charge in [0.2, 0.25) is 0 Å². The van der Waals surface area contributed by atoms with Gasteiger partial charge in [-0.05, 0) is 38.5 Å². The van der Waals surface area contributed by atoms with Crippen LogP contribution in [0.2, 0.25) is 0 Å². The molecule has 1 saturated heterocycles. The van der Waals surface area contributed by atoms with Gasteiger partial charge in [-0.1, -0.05) is 30.3 Å². The summed E-state index contributed by atoms with van der Waals surface area (Å²) in [6.45, 7) is 2.00. The third-order valence-electron chi connectivity index (χ3n) is 3.80. The van der Waals surface area contributed by atoms with Gasteiger partial charge in [-0.3, -0.25) is 15.1 Å². The van der Waals surface area contributed by atoms with Crippen LogP contribution >= 0.6 is 0 Å². The Hall–Kier alpha value is -1.43. The van der Waals surface area contributed by atoms with E-state index in [4.69, 9.17) is 5.84 Å². The second-order valence-corrected chi connectivity index (χ2v) is 4.97. The molecule has 1 aliphatic rings. The molecule has 5 heteroatoms. The van der Waals surface area contributed by atoms with Crippen LogP contribution in [-0.2, 0) is 4.79 Å². The van der Waals surface area contributed by atoms with Crippen molar-refractivity contribution in [3.05, 3.63) is 35.9 Å². The topological polar surface area (TPSA) is 70.4 Å². The highest BCUT2D eigenvalue weighted by molar-refractivity contribution is 5.82. The predicted molar refractivity (Wildman–Crippen MR) is 75.2 cm³/mol. The van der Waals surface area contributed by atoms with E-state index in [1.165, 1.54) is 0 Å². The molecule has 1 fully saturated rings. The highest BCUT2D eigenvalue weighted by Crippen LogP contribution is 2.24. The van der Waals surface area contributed by atoms with E-state index in [-0.39, 0.29) is 11.9 Å². The van der Waals surface area contributed by atoms with Gasteiger partial charge in [0.1, 0.15) is 6.04 Å². The average Bonchev–Trinajstić information content (AvgIpc) is 2.49. The molecule has 1 aromatic carbocycles. The van der Waals surface area contributed by atoms with Crippen LogP contribution in [0.4, 0.5) is 0 Å². The summed E-state index contributed by atoms with van der Waals surface area (Å²) in [5.74, 6) is 5.18. The maximum Gasteiger partial charge on any atom is 0.255 e. The summed E-state index contributed by atoms with van der Waals surface area (Å²) in [7, 11) is 2.00. The maximum absolute atomic E-state index is 12.1. The number of piperidine rings is 1. The fraction of sp³-hybridized carbons (Fsp3) is 0.500. The van der Waals surface area contributed by atoms with Gasteiger partial charge in [-0.25, -0.2) is 5.84 Å². The lowest BCUT2D eigenvalue weighted by molar-refractivity contribution is -0.127. The number of hydrogen-bond donors (Lipinski definition) is 3. The molecule has 1 atom stereocenters. The van der Waals surface area contributed by atoms with E-state index >= 15 is 0 Å². The lowest BCUT2D eigenvalue weighted by atomic mass is 9.99. The van der Waals surface area contributed by atoms with Crippen molar-refractivity contribution in [2.24, 2.45) is 5.84 Å². The van der Waals surface area contributed by atoms with Crippen LogP contribution in [0.1, 0.15) is 24.4 Å². The molecule has 1 amide bonds. The molecule has 1 unspecified atom stereocenters. The molecule has 2 rings (SSSR count). The van der Waals surface area contributed by atoms with E-state index in [0.717, 1.165) is 31.5 Å². The van der Waals surface area contributed by atoms with Gasteiger partial charge in [0.05, 0.1) is 0 Å². The number of nitrogens with two attached hydrogens (primary N) is 1. The van der Waals surface area contributed by atoms with Gasteiger partial charge >= 0.3 is 0 Å². The average molecular weight is 262 g/mol. The third kappa shape index (κ3) is 3.32. The summed E-state index contributed by atoms with van der Waals surface area (Å²) in [5, 5.41) is 3.34. The number of hydrazine groups is 1. The Kier molecular flexibility index (Phi) is 4.90. The Morgan fingerprint density at radius 3 is 2.58 bits per heavy atom. The molecular formula is C14H22N4O. The Morgan fingerprint density at radius 2 is 2.00 bits per heavy atom. The quantitative estimate of drug-likeness (QED) is 0.417. The fourth-order valence-corrected chi connectivity index (χ4v) is 2.71. The van der Waals surface area contributed by atoms with Crippen molar-refractivity contribution in [3.63, 3.8) is 0 Å². The van der Waals surface area contributed by atoms with Gasteiger partial charge in [0.15, 0.2) is 0 Å². The minimum atomic E-state index is -0.325. The molecule has 0 aliphatic carbocycles. The van der Waals surface area contributed by atoms with E-state index < -0.39 is 0 Å². The molecule has 1 aromatic rings. The molecule has 19 heavy (non-hydrogen) atoms. The Bertz CT molecular complexity index is 403. The number of likely N-dealkylation sites (N-methyl/N-ethyl adjacent to an activating group) is 1. The van der Waals surface area contributed by atoms with Crippen molar-refractivity contribution in [2.75, 3.05) is 20.1 Å². The third-order valence-corrected chi connectivity index (χ3v) is 3.80. The first kappa shape index (κ1) is 14.0. The molecule has 0 saturated carbocycles. The van der Waals surface area contributed by atoms with Crippen molar-refractivity contribution in [2.45, 2.75) is 24.9 Å². The van der Waals surface area contributed by atoms with Gasteiger partial charge in [-0.15, -0.1) is 0 Å². The van der Waals surface area contributed by atoms with E-state index in [0.29, 0.717) is 6.04 Å². The fourth-order valence-electron chi connectivity index (χ4n) is 2.71. The van der Waals surface area contributed by atoms with Crippen molar-refractivity contribution in [1.82, 2.24) is 15.6 Å². The highest BCUT2D eigenvalue weighted by atomic mass is 16.2. The van der Waals surface area contributed by atoms with Crippen LogP contribution in [0.5, 0.6) is 0 Å². The van der Waals surface area contributed by atoms with Crippen LogP contribution in [0.15, 0.2) is 30.3 Å². The van der Waals surface area contributed by atoms with Gasteiger partial charge in [0.25, 0.3) is 5.91 Å². The van der Waals surface area contributed by atoms with Crippen LogP contribution in [-0.4, -0.2) is 37.0 Å². The number of rotatable bonds is 4. The first-order valence-corrected chi connectivity index (χ1v) is 6.72. The number of carbonyl (C=O) groups excluding carboxylic acids is 1. The Balaban J connectivity index is 2.19. The molecule has 0 radical (unpaired) electrons. The first-order chi connectivity index (χ1) is 9.24. The van der Waals surface area contributed by atoms with E-state index in [9.17, 15) is 4.79 Å². The minimum absolute atomic E-state index is 0.160. The van der Waals surface area contributed by atoms with Crippen molar-refractivity contribution in [1.29, 1.82) is 0 Å². The minimum Gasteiger partial charge on any atom is -0.317 e. The molecule has 0 bridgehead atoms. The van der Waals surface area contributed by atoms with E-state index in [1.54, 1.807) is 0 Å².